The topological polar surface area (TPSA) is 101 Å². The third-order valence-corrected chi connectivity index (χ3v) is 4.95. The summed E-state index contributed by atoms with van der Waals surface area (Å²) >= 11 is 0. The highest BCUT2D eigenvalue weighted by atomic mass is 32.2. The van der Waals surface area contributed by atoms with Crippen molar-refractivity contribution in [3.8, 4) is 0 Å². The molecule has 0 unspecified atom stereocenters. The van der Waals surface area contributed by atoms with E-state index in [2.05, 4.69) is 9.82 Å². The van der Waals surface area contributed by atoms with Crippen LogP contribution in [0.1, 0.15) is 32.1 Å². The summed E-state index contributed by atoms with van der Waals surface area (Å²) in [7, 11) is -3.59. The molecule has 0 aliphatic heterocycles. The quantitative estimate of drug-likeness (QED) is 0.776. The van der Waals surface area contributed by atoms with Crippen molar-refractivity contribution >= 4 is 16.0 Å². The number of nitrogens with zero attached hydrogens (tertiary/aromatic N) is 2. The van der Waals surface area contributed by atoms with Crippen molar-refractivity contribution < 1.29 is 18.3 Å². The van der Waals surface area contributed by atoms with Crippen molar-refractivity contribution in [3.05, 3.63) is 12.4 Å². The summed E-state index contributed by atoms with van der Waals surface area (Å²) in [5, 5.41) is 12.3. The van der Waals surface area contributed by atoms with E-state index in [0.29, 0.717) is 12.5 Å². The molecule has 1 aromatic heterocycles. The molecule has 7 nitrogen and oxygen atoms in total. The van der Waals surface area contributed by atoms with Crippen LogP contribution in [0.3, 0.4) is 0 Å². The molecule has 2 rings (SSSR count). The zero-order valence-electron chi connectivity index (χ0n) is 11.2. The molecule has 1 aromatic rings. The molecule has 1 aliphatic rings. The molecule has 2 N–H and O–H groups in total. The zero-order chi connectivity index (χ0) is 14.6. The van der Waals surface area contributed by atoms with Gasteiger partial charge in [0, 0.05) is 12.7 Å². The SMILES string of the molecule is O=C(O)Cn1cc(S(=O)(=O)NCCC2CCCC2)cn1. The van der Waals surface area contributed by atoms with E-state index in [4.69, 9.17) is 5.11 Å². The number of nitrogens with one attached hydrogen (secondary N) is 1. The van der Waals surface area contributed by atoms with Crippen LogP contribution in [-0.4, -0.2) is 35.8 Å². The van der Waals surface area contributed by atoms with Crippen molar-refractivity contribution in [2.24, 2.45) is 5.92 Å². The first-order valence-electron chi connectivity index (χ1n) is 6.71. The molecule has 1 fully saturated rings. The second-order valence-corrected chi connectivity index (χ2v) is 6.87. The first-order chi connectivity index (χ1) is 9.47. The van der Waals surface area contributed by atoms with Crippen LogP contribution in [-0.2, 0) is 21.4 Å². The van der Waals surface area contributed by atoms with Gasteiger partial charge in [-0.1, -0.05) is 25.7 Å². The van der Waals surface area contributed by atoms with Gasteiger partial charge < -0.3 is 5.11 Å². The van der Waals surface area contributed by atoms with Crippen molar-refractivity contribution in [1.82, 2.24) is 14.5 Å². The lowest BCUT2D eigenvalue weighted by Crippen LogP contribution is -2.25. The van der Waals surface area contributed by atoms with Crippen LogP contribution in [0.5, 0.6) is 0 Å². The van der Waals surface area contributed by atoms with Crippen LogP contribution < -0.4 is 4.72 Å². The van der Waals surface area contributed by atoms with Gasteiger partial charge in [0.05, 0.1) is 6.20 Å². The highest BCUT2D eigenvalue weighted by Gasteiger charge is 2.19. The Morgan fingerprint density at radius 3 is 2.80 bits per heavy atom. The first-order valence-corrected chi connectivity index (χ1v) is 8.19. The lowest BCUT2D eigenvalue weighted by Gasteiger charge is -2.09. The number of sulfonamides is 1. The summed E-state index contributed by atoms with van der Waals surface area (Å²) in [6.45, 7) is 0.0642. The van der Waals surface area contributed by atoms with Crippen LogP contribution in [0.25, 0.3) is 0 Å². The van der Waals surface area contributed by atoms with Gasteiger partial charge in [-0.25, -0.2) is 13.1 Å². The number of carbonyl (C=O) groups is 1. The first kappa shape index (κ1) is 15.0. The average Bonchev–Trinajstić information content (AvgIpc) is 2.99. The maximum atomic E-state index is 12.0. The van der Waals surface area contributed by atoms with E-state index < -0.39 is 16.0 Å². The molecule has 0 aromatic carbocycles. The van der Waals surface area contributed by atoms with Gasteiger partial charge in [-0.3, -0.25) is 9.48 Å². The number of carboxylic acid groups (broad SMARTS) is 1. The molecular weight excluding hydrogens is 282 g/mol. The number of carboxylic acids is 1. The maximum Gasteiger partial charge on any atom is 0.325 e. The van der Waals surface area contributed by atoms with Gasteiger partial charge in [0.15, 0.2) is 0 Å². The Kier molecular flexibility index (Phi) is 4.77. The summed E-state index contributed by atoms with van der Waals surface area (Å²) in [4.78, 5) is 10.5. The molecule has 0 radical (unpaired) electrons. The van der Waals surface area contributed by atoms with Crippen LogP contribution in [0.15, 0.2) is 17.3 Å². The standard InChI is InChI=1S/C12H19N3O4S/c16-12(17)9-15-8-11(7-13-15)20(18,19)14-6-5-10-3-1-2-4-10/h7-8,10,14H,1-6,9H2,(H,16,17). The Balaban J connectivity index is 1.88. The number of rotatable bonds is 7. The van der Waals surface area contributed by atoms with E-state index >= 15 is 0 Å². The predicted octanol–water partition coefficient (Wildman–Crippen LogP) is 0.826. The van der Waals surface area contributed by atoms with Gasteiger partial charge in [-0.15, -0.1) is 0 Å². The average molecular weight is 301 g/mol. The van der Waals surface area contributed by atoms with Crippen LogP contribution in [0, 0.1) is 5.92 Å². The number of aliphatic carboxylic acids is 1. The molecule has 1 heterocycles. The van der Waals surface area contributed by atoms with Crippen molar-refractivity contribution in [2.45, 2.75) is 43.5 Å². The van der Waals surface area contributed by atoms with E-state index in [1.165, 1.54) is 38.1 Å². The normalized spacial score (nSPS) is 16.6. The predicted molar refractivity (Wildman–Crippen MR) is 71.6 cm³/mol. The zero-order valence-corrected chi connectivity index (χ0v) is 12.0. The highest BCUT2D eigenvalue weighted by Crippen LogP contribution is 2.27. The Hall–Kier alpha value is -1.41. The number of hydrogen-bond donors (Lipinski definition) is 2. The molecule has 0 atom stereocenters. The summed E-state index contributed by atoms with van der Waals surface area (Å²) in [5.41, 5.74) is 0. The van der Waals surface area contributed by atoms with Crippen LogP contribution >= 0.6 is 0 Å². The van der Waals surface area contributed by atoms with Gasteiger partial charge in [-0.05, 0) is 12.3 Å². The third kappa shape index (κ3) is 4.04. The summed E-state index contributed by atoms with van der Waals surface area (Å²) in [6, 6.07) is 0. The Morgan fingerprint density at radius 2 is 2.15 bits per heavy atom. The molecule has 1 saturated carbocycles. The number of hydrogen-bond acceptors (Lipinski definition) is 4. The van der Waals surface area contributed by atoms with Gasteiger partial charge >= 0.3 is 5.97 Å². The largest absolute Gasteiger partial charge is 0.480 e. The minimum atomic E-state index is -3.59. The fourth-order valence-electron chi connectivity index (χ4n) is 2.49. The molecule has 0 spiro atoms. The smallest absolute Gasteiger partial charge is 0.325 e. The lowest BCUT2D eigenvalue weighted by atomic mass is 10.1. The molecule has 20 heavy (non-hydrogen) atoms. The minimum absolute atomic E-state index is 0.00479. The molecule has 1 aliphatic carbocycles. The van der Waals surface area contributed by atoms with Gasteiger partial charge in [0.1, 0.15) is 11.4 Å². The van der Waals surface area contributed by atoms with Crippen molar-refractivity contribution in [3.63, 3.8) is 0 Å². The van der Waals surface area contributed by atoms with E-state index in [9.17, 15) is 13.2 Å². The minimum Gasteiger partial charge on any atom is -0.480 e. The fourth-order valence-corrected chi connectivity index (χ4v) is 3.49. The third-order valence-electron chi connectivity index (χ3n) is 3.54. The second-order valence-electron chi connectivity index (χ2n) is 5.10. The summed E-state index contributed by atoms with van der Waals surface area (Å²) < 4.78 is 27.6. The second kappa shape index (κ2) is 6.36. The van der Waals surface area contributed by atoms with E-state index in [1.807, 2.05) is 0 Å². The fraction of sp³-hybridized carbons (Fsp3) is 0.667. The molecule has 0 amide bonds. The van der Waals surface area contributed by atoms with Crippen molar-refractivity contribution in [2.75, 3.05) is 6.54 Å². The summed E-state index contributed by atoms with van der Waals surface area (Å²) in [5.74, 6) is -0.446. The molecule has 0 bridgehead atoms. The van der Waals surface area contributed by atoms with Crippen LogP contribution in [0.2, 0.25) is 0 Å². The molecule has 0 saturated heterocycles. The molecule has 8 heteroatoms. The Morgan fingerprint density at radius 1 is 1.45 bits per heavy atom. The lowest BCUT2D eigenvalue weighted by molar-refractivity contribution is -0.137. The maximum absolute atomic E-state index is 12.0. The van der Waals surface area contributed by atoms with Gasteiger partial charge in [0.25, 0.3) is 0 Å². The Bertz CT molecular complexity index is 561. The van der Waals surface area contributed by atoms with Crippen LogP contribution in [0.4, 0.5) is 0 Å². The Labute approximate surface area is 118 Å². The van der Waals surface area contributed by atoms with Gasteiger partial charge in [0.2, 0.25) is 10.0 Å². The van der Waals surface area contributed by atoms with E-state index in [-0.39, 0.29) is 11.4 Å². The van der Waals surface area contributed by atoms with Crippen molar-refractivity contribution in [1.29, 1.82) is 0 Å². The van der Waals surface area contributed by atoms with E-state index in [0.717, 1.165) is 11.1 Å². The monoisotopic (exact) mass is 301 g/mol. The highest BCUT2D eigenvalue weighted by molar-refractivity contribution is 7.89. The molecular formula is C12H19N3O4S. The van der Waals surface area contributed by atoms with E-state index in [1.54, 1.807) is 0 Å². The summed E-state index contributed by atoms with van der Waals surface area (Å²) in [6.07, 6.45) is 8.07. The number of aromatic nitrogens is 2. The molecule has 112 valence electrons. The van der Waals surface area contributed by atoms with Gasteiger partial charge in [-0.2, -0.15) is 5.10 Å².